The Balaban J connectivity index is 0.00000494. The Morgan fingerprint density at radius 2 is 0.645 bits per heavy atom. The summed E-state index contributed by atoms with van der Waals surface area (Å²) in [5.74, 6) is -1.15. The molecule has 0 saturated heterocycles. The van der Waals surface area contributed by atoms with Gasteiger partial charge in [0.05, 0.1) is 43.9 Å². The van der Waals surface area contributed by atoms with Gasteiger partial charge in [0.25, 0.3) is 40.5 Å². The topological polar surface area (TPSA) is 416 Å². The van der Waals surface area contributed by atoms with Gasteiger partial charge in [0, 0.05) is 143 Å². The maximum absolute atomic E-state index is 13.2. The van der Waals surface area contributed by atoms with Crippen LogP contribution in [0, 0.1) is 0 Å². The van der Waals surface area contributed by atoms with Crippen molar-refractivity contribution in [2.45, 2.75) is 33.4 Å². The summed E-state index contributed by atoms with van der Waals surface area (Å²) in [6.45, 7) is 2.36. The van der Waals surface area contributed by atoms with E-state index >= 15 is 0 Å². The second kappa shape index (κ2) is 29.0. The summed E-state index contributed by atoms with van der Waals surface area (Å²) in [6.07, 6.45) is 0. The number of nitrogens with zero attached hydrogens (tertiary/aromatic N) is 8. The Kier molecular flexibility index (Phi) is 25.8. The second-order valence-electron chi connectivity index (χ2n) is 14.4. The molecule has 0 aliphatic rings. The summed E-state index contributed by atoms with van der Waals surface area (Å²) >= 11 is 0. The van der Waals surface area contributed by atoms with E-state index in [1.165, 1.54) is 86.6 Å². The summed E-state index contributed by atoms with van der Waals surface area (Å²) in [5, 5.41) is 41.6. The minimum Gasteiger partial charge on any atom is -0.324 e. The summed E-state index contributed by atoms with van der Waals surface area (Å²) in [4.78, 5) is 35.2. The molecule has 0 atom stereocenters. The smallest absolute Gasteiger partial charge is 0.323 e. The van der Waals surface area contributed by atoms with Crippen molar-refractivity contribution in [2.75, 3.05) is 21.3 Å². The average molecular weight is 1160 g/mol. The average Bonchev–Trinajstić information content (AvgIpc) is 3.28. The molecular formula is C41H34N12Na4O15S4. The van der Waals surface area contributed by atoms with Gasteiger partial charge < -0.3 is 21.3 Å². The number of carbonyl (C=O) groups is 3. The van der Waals surface area contributed by atoms with E-state index < -0.39 is 77.9 Å². The van der Waals surface area contributed by atoms with E-state index in [2.05, 4.69) is 62.2 Å². The number of hydrogen-bond donors (Lipinski definition) is 8. The summed E-state index contributed by atoms with van der Waals surface area (Å²) in [6, 6.07) is 23.0. The molecule has 376 valence electrons. The zero-order chi connectivity index (χ0) is 52.6. The molecule has 0 unspecified atom stereocenters. The molecule has 0 fully saturated rings. The maximum Gasteiger partial charge on any atom is 0.323 e. The van der Waals surface area contributed by atoms with E-state index in [4.69, 9.17) is 9.11 Å². The van der Waals surface area contributed by atoms with E-state index in [0.29, 0.717) is 0 Å². The number of azo groups is 4. The first-order chi connectivity index (χ1) is 33.7. The van der Waals surface area contributed by atoms with E-state index in [1.807, 2.05) is 0 Å². The molecule has 0 spiro atoms. The van der Waals surface area contributed by atoms with Crippen molar-refractivity contribution >= 4 is 245 Å². The van der Waals surface area contributed by atoms with Crippen LogP contribution in [0.15, 0.2) is 182 Å². The molecule has 0 aliphatic carbocycles. The van der Waals surface area contributed by atoms with Crippen LogP contribution in [0.3, 0.4) is 0 Å². The van der Waals surface area contributed by atoms with Crippen LogP contribution in [-0.2, 0) is 50.1 Å². The van der Waals surface area contributed by atoms with E-state index in [-0.39, 0.29) is 186 Å². The van der Waals surface area contributed by atoms with Crippen molar-refractivity contribution in [3.05, 3.63) is 121 Å². The zero-order valence-electron chi connectivity index (χ0n) is 40.5. The van der Waals surface area contributed by atoms with E-state index in [0.717, 1.165) is 48.5 Å². The standard InChI is InChI=1S/C41H34N12O15S4.4Na/c1-23(54)42-37-19-27(7-15-33(37)50-52-35-17-9-29(21-39(35)71(63,64)65)48-46-25-3-11-31(12-4-25)69(57,58)59)44-41(56)45-28-8-16-34(38(20-28)43-24(2)55)51-53-36-18-10-30(22-40(36)72(66,67)68)49-47-26-5-13-32(14-6-26)70(60,61)62;;;;/h3-22H,1-2H3,(H,42,54)(H,43,55)(H2,44,45,56)(H,57,58,59)(H,60,61,62)(H,63,64,65)(H,66,67,68);;;;. The minimum atomic E-state index is -4.94. The van der Waals surface area contributed by atoms with Crippen molar-refractivity contribution in [1.29, 1.82) is 0 Å². The molecule has 8 N–H and O–H groups in total. The first kappa shape index (κ1) is 67.7. The maximum atomic E-state index is 13.2. The van der Waals surface area contributed by atoms with Gasteiger partial charge in [-0.2, -0.15) is 54.1 Å². The van der Waals surface area contributed by atoms with Crippen LogP contribution in [-0.4, -0.2) is 188 Å². The van der Waals surface area contributed by atoms with Gasteiger partial charge in [-0.15, -0.1) is 20.5 Å². The molecule has 4 radical (unpaired) electrons. The molecule has 4 amide bonds. The molecule has 27 nitrogen and oxygen atoms in total. The summed E-state index contributed by atoms with van der Waals surface area (Å²) < 4.78 is 133. The predicted molar refractivity (Wildman–Crippen MR) is 279 cm³/mol. The van der Waals surface area contributed by atoms with E-state index in [1.54, 1.807) is 0 Å². The molecule has 6 rings (SSSR count). The number of amides is 4. The predicted octanol–water partition coefficient (Wildman–Crippen LogP) is 8.37. The van der Waals surface area contributed by atoms with Crippen molar-refractivity contribution < 1.29 is 66.3 Å². The monoisotopic (exact) mass is 1150 g/mol. The molecule has 76 heavy (non-hydrogen) atoms. The van der Waals surface area contributed by atoms with Crippen LogP contribution >= 0.6 is 0 Å². The number of urea groups is 1. The molecule has 0 saturated carbocycles. The van der Waals surface area contributed by atoms with Crippen LogP contribution in [0.2, 0.25) is 0 Å². The van der Waals surface area contributed by atoms with Gasteiger partial charge in [0.2, 0.25) is 11.8 Å². The third-order valence-corrected chi connectivity index (χ3v) is 12.4. The van der Waals surface area contributed by atoms with Crippen molar-refractivity contribution in [3.8, 4) is 0 Å². The first-order valence-corrected chi connectivity index (χ1v) is 25.4. The van der Waals surface area contributed by atoms with Gasteiger partial charge >= 0.3 is 6.03 Å². The van der Waals surface area contributed by atoms with Crippen LogP contribution in [0.5, 0.6) is 0 Å². The summed E-state index contributed by atoms with van der Waals surface area (Å²) in [7, 11) is -18.8. The fourth-order valence-corrected chi connectivity index (χ4v) is 8.05. The number of hydrogen-bond acceptors (Lipinski definition) is 19. The van der Waals surface area contributed by atoms with Crippen molar-refractivity contribution in [3.63, 3.8) is 0 Å². The Labute approximate surface area is 521 Å². The Morgan fingerprint density at radius 1 is 0.355 bits per heavy atom. The van der Waals surface area contributed by atoms with Crippen LogP contribution in [0.4, 0.5) is 73.0 Å². The Morgan fingerprint density at radius 3 is 0.947 bits per heavy atom. The normalized spacial score (nSPS) is 11.8. The molecular weight excluding hydrogens is 1120 g/mol. The number of nitrogens with one attached hydrogen (secondary N) is 4. The second-order valence-corrected chi connectivity index (χ2v) is 20.0. The summed E-state index contributed by atoms with van der Waals surface area (Å²) in [5.41, 5.74) is -0.491. The van der Waals surface area contributed by atoms with Crippen LogP contribution in [0.25, 0.3) is 0 Å². The van der Waals surface area contributed by atoms with Gasteiger partial charge in [-0.3, -0.25) is 27.8 Å². The number of rotatable bonds is 16. The van der Waals surface area contributed by atoms with Crippen LogP contribution < -0.4 is 21.3 Å². The Bertz CT molecular complexity index is 3500. The van der Waals surface area contributed by atoms with Gasteiger partial charge in [-0.25, -0.2) is 4.79 Å². The largest absolute Gasteiger partial charge is 0.324 e. The number of carbonyl (C=O) groups excluding carboxylic acids is 3. The Hall–Kier alpha value is -4.43. The van der Waals surface area contributed by atoms with Gasteiger partial charge in [-0.05, 0) is 121 Å². The minimum absolute atomic E-state index is 0. The number of benzene rings is 6. The molecule has 0 aromatic heterocycles. The van der Waals surface area contributed by atoms with Crippen LogP contribution in [0.1, 0.15) is 13.8 Å². The third-order valence-electron chi connectivity index (χ3n) is 8.93. The van der Waals surface area contributed by atoms with Crippen molar-refractivity contribution in [2.24, 2.45) is 40.9 Å². The van der Waals surface area contributed by atoms with E-state index in [9.17, 15) is 57.2 Å². The molecule has 6 aromatic rings. The van der Waals surface area contributed by atoms with Gasteiger partial charge in [0.1, 0.15) is 32.5 Å². The molecule has 6 aromatic carbocycles. The van der Waals surface area contributed by atoms with Gasteiger partial charge in [0.15, 0.2) is 0 Å². The SMILES string of the molecule is CC(=O)Nc1cc(NC(=O)Nc2ccc(N=Nc3ccc(N=Nc4ccc(S(=O)(=O)O)cc4)cc3S(=O)(=O)O)c(NC(C)=O)c2)ccc1N=Nc1ccc(N=Nc2ccc(S(=O)(=O)O)cc2)cc1S(=O)(=O)O.[Na].[Na].[Na].[Na]. The third kappa shape index (κ3) is 20.1. The fourth-order valence-electron chi connectivity index (χ4n) is 5.80. The first-order valence-electron chi connectivity index (χ1n) is 19.7. The molecule has 35 heteroatoms. The van der Waals surface area contributed by atoms with Crippen molar-refractivity contribution in [1.82, 2.24) is 0 Å². The quantitative estimate of drug-likeness (QED) is 0.0256. The zero-order valence-corrected chi connectivity index (χ0v) is 51.8. The van der Waals surface area contributed by atoms with Gasteiger partial charge in [-0.1, -0.05) is 0 Å². The molecule has 0 heterocycles. The fraction of sp³-hybridized carbons (Fsp3) is 0.0488. The molecule has 0 aliphatic heterocycles. The number of anilines is 4. The molecule has 0 bridgehead atoms.